The van der Waals surface area contributed by atoms with Gasteiger partial charge < -0.3 is 20.2 Å². The SMILES string of the molecule is CC(C)c1cccc(C(C)C)c1[N]=[Mo]=[CH]C(C)(C)c1ccccc1.Cc1c(Br)cc2c(c1-c1c(O)c(Br)cc3c1CCCC3)CCCC2.Cc1ccc(C)[n-]1.Cc1ccc(C)[n-]1.Cc1cccc(C)c1[N]=[W]=[CH]C(C)(C)c1ccccc1.Oc1cccc2cccc(-c3ccccc3Br)c12. The van der Waals surface area contributed by atoms with E-state index in [1.54, 1.807) is 6.07 Å². The van der Waals surface area contributed by atoms with E-state index in [1.165, 1.54) is 108 Å². The second kappa shape index (κ2) is 37.6. The van der Waals surface area contributed by atoms with Crippen LogP contribution in [0.3, 0.4) is 0 Å². The Morgan fingerprint density at radius 2 is 0.920 bits per heavy atom. The maximum Gasteiger partial charge on any atom is 0.124 e. The number of aromatic hydroxyl groups is 2. The molecule has 522 valence electrons. The molecule has 0 spiro atoms. The molecule has 100 heavy (non-hydrogen) atoms. The summed E-state index contributed by atoms with van der Waals surface area (Å²) < 4.78 is 18.0. The monoisotopic (exact) mass is 1770 g/mol. The topological polar surface area (TPSA) is 93.4 Å². The van der Waals surface area contributed by atoms with E-state index in [9.17, 15) is 10.2 Å². The smallest absolute Gasteiger partial charge is 0.124 e. The van der Waals surface area contributed by atoms with Crippen molar-refractivity contribution in [3.8, 4) is 33.8 Å². The van der Waals surface area contributed by atoms with Gasteiger partial charge in [-0.15, -0.1) is 0 Å². The summed E-state index contributed by atoms with van der Waals surface area (Å²) in [5, 5.41) is 23.0. The zero-order valence-electron chi connectivity index (χ0n) is 61.1. The minimum Gasteiger partial charge on any atom is -0.507 e. The van der Waals surface area contributed by atoms with Crippen molar-refractivity contribution in [2.24, 2.45) is 6.99 Å². The van der Waals surface area contributed by atoms with Crippen LogP contribution in [0.1, 0.15) is 177 Å². The number of benzene rings is 9. The molecule has 9 aromatic carbocycles. The number of aromatic nitrogens is 2. The summed E-state index contributed by atoms with van der Waals surface area (Å²) >= 11 is 9.53. The second-order valence-electron chi connectivity index (χ2n) is 27.9. The Hall–Kier alpha value is -6.44. The summed E-state index contributed by atoms with van der Waals surface area (Å²) in [4.78, 5) is 8.22. The van der Waals surface area contributed by atoms with Crippen LogP contribution in [-0.2, 0) is 72.4 Å². The summed E-state index contributed by atoms with van der Waals surface area (Å²) in [7, 11) is 0. The van der Waals surface area contributed by atoms with Crippen molar-refractivity contribution >= 4 is 78.7 Å². The first-order valence-corrected chi connectivity index (χ1v) is 42.4. The fourth-order valence-electron chi connectivity index (χ4n) is 12.7. The van der Waals surface area contributed by atoms with E-state index in [0.717, 1.165) is 84.9 Å². The molecule has 0 saturated carbocycles. The van der Waals surface area contributed by atoms with Gasteiger partial charge in [0, 0.05) is 19.9 Å². The van der Waals surface area contributed by atoms with Gasteiger partial charge in [-0.3, -0.25) is 0 Å². The van der Waals surface area contributed by atoms with Gasteiger partial charge in [-0.1, -0.05) is 132 Å². The number of phenols is 2. The summed E-state index contributed by atoms with van der Waals surface area (Å²) in [6.07, 6.45) is 9.46. The van der Waals surface area contributed by atoms with Crippen LogP contribution < -0.4 is 9.97 Å². The number of hydrogen-bond donors (Lipinski definition) is 2. The molecule has 2 aliphatic rings. The predicted molar refractivity (Wildman–Crippen MR) is 430 cm³/mol. The van der Waals surface area contributed by atoms with Gasteiger partial charge in [0.25, 0.3) is 0 Å². The molecule has 2 aliphatic carbocycles. The van der Waals surface area contributed by atoms with Crippen molar-refractivity contribution in [3.05, 3.63) is 292 Å². The zero-order chi connectivity index (χ0) is 72.3. The fraction of sp³-hybridized carbons (Fsp3) is 0.303. The first kappa shape index (κ1) is 79.3. The molecule has 0 unspecified atom stereocenters. The van der Waals surface area contributed by atoms with E-state index < -0.39 is 35.8 Å². The van der Waals surface area contributed by atoms with E-state index in [0.29, 0.717) is 23.3 Å². The van der Waals surface area contributed by atoms with E-state index in [1.807, 2.05) is 107 Å². The molecule has 0 saturated heterocycles. The summed E-state index contributed by atoms with van der Waals surface area (Å²) in [5.74, 6) is 1.76. The van der Waals surface area contributed by atoms with Crippen LogP contribution >= 0.6 is 47.8 Å². The molecular weight excluding hydrogens is 1680 g/mol. The minimum absolute atomic E-state index is 0.0811. The van der Waals surface area contributed by atoms with Crippen LogP contribution in [0.15, 0.2) is 215 Å². The molecule has 0 radical (unpaired) electrons. The zero-order valence-corrected chi connectivity index (χ0v) is 70.8. The minimum atomic E-state index is -0.842. The third-order valence-corrected chi connectivity index (χ3v) is 26.4. The normalized spacial score (nSPS) is 12.2. The Kier molecular flexibility index (Phi) is 29.8. The van der Waals surface area contributed by atoms with Gasteiger partial charge in [-0.05, 0) is 148 Å². The molecule has 0 bridgehead atoms. The van der Waals surface area contributed by atoms with Crippen molar-refractivity contribution in [1.29, 1.82) is 0 Å². The van der Waals surface area contributed by atoms with E-state index >= 15 is 0 Å². The van der Waals surface area contributed by atoms with Crippen LogP contribution in [0.2, 0.25) is 0 Å². The second-order valence-corrected chi connectivity index (χ2v) is 34.3. The maximum absolute atomic E-state index is 11.0. The van der Waals surface area contributed by atoms with Gasteiger partial charge in [0.1, 0.15) is 11.5 Å². The molecule has 2 heterocycles. The molecular formula is C89H99Br3MoN4O2W-2. The number of nitrogens with zero attached hydrogens (tertiary/aromatic N) is 4. The van der Waals surface area contributed by atoms with Gasteiger partial charge in [0.15, 0.2) is 0 Å². The molecule has 11 heteroatoms. The Balaban J connectivity index is 0.000000159. The molecule has 0 fully saturated rings. The van der Waals surface area contributed by atoms with Gasteiger partial charge in [-0.25, -0.2) is 0 Å². The van der Waals surface area contributed by atoms with Crippen LogP contribution in [-0.4, -0.2) is 19.0 Å². The Labute approximate surface area is 638 Å². The van der Waals surface area contributed by atoms with Gasteiger partial charge in [0.2, 0.25) is 0 Å². The number of rotatable bonds is 10. The van der Waals surface area contributed by atoms with E-state index in [4.69, 9.17) is 6.99 Å². The standard InChI is InChI=1S/C21H22Br2O.C16H11BrO.C12H17N.2C10H12.C8H9N.2C6H8N.Mo.W/c1-12-17(22)10-13-6-2-4-8-15(13)19(12)20-16-9-5-3-7-14(16)11-18(23)21(20)24;17-14-9-2-1-7-12(14)13-8-3-5-11-6-4-10-15(18)16(11)13;1-8(2)10-6-5-7-11(9(3)4)12(10)13;2*1-10(2,3)9-7-5-4-6-8-9;1-6-4-3-5-7(2)8(6)9;2*1-5-3-4-6(2)7-5;;/h10-11,24H,2-9H2,1H3;1-10,18H;5-9H,1-4H3;2*1,4-8H,2-3H3;3-5H,1-2H3;2*3-4H,1-2H3;;/q;;;;;;2*-1;;. The molecule has 13 rings (SSSR count). The number of phenolic OH excluding ortho intramolecular Hbond substituents is 2. The molecule has 6 nitrogen and oxygen atoms in total. The quantitative estimate of drug-likeness (QED) is 0.133. The number of aryl methyl sites for hydroxylation is 8. The van der Waals surface area contributed by atoms with Crippen molar-refractivity contribution in [2.75, 3.05) is 0 Å². The maximum atomic E-state index is 11.0. The van der Waals surface area contributed by atoms with Crippen LogP contribution in [0.25, 0.3) is 33.0 Å². The number of halogens is 3. The average Bonchev–Trinajstić information content (AvgIpc) is 0.777. The first-order valence-electron chi connectivity index (χ1n) is 34.9. The number of fused-ring (bicyclic) bond motifs is 3. The van der Waals surface area contributed by atoms with Crippen molar-refractivity contribution < 1.29 is 46.1 Å². The van der Waals surface area contributed by atoms with Crippen molar-refractivity contribution in [3.63, 3.8) is 0 Å². The van der Waals surface area contributed by atoms with Crippen LogP contribution in [0, 0.1) is 48.5 Å². The van der Waals surface area contributed by atoms with Gasteiger partial charge in [-0.2, -0.15) is 22.8 Å². The molecule has 0 atom stereocenters. The summed E-state index contributed by atoms with van der Waals surface area (Å²) in [5.41, 5.74) is 26.6. The Morgan fingerprint density at radius 1 is 0.470 bits per heavy atom. The molecule has 0 amide bonds. The average molecular weight is 1780 g/mol. The van der Waals surface area contributed by atoms with Crippen LogP contribution in [0.4, 0.5) is 11.4 Å². The van der Waals surface area contributed by atoms with E-state index in [-0.39, 0.29) is 10.8 Å². The largest absolute Gasteiger partial charge is 0.507 e. The third kappa shape index (κ3) is 21.6. The molecule has 2 N–H and O–H groups in total. The molecule has 11 aromatic rings. The summed E-state index contributed by atoms with van der Waals surface area (Å²) in [6.45, 7) is 32.6. The summed E-state index contributed by atoms with van der Waals surface area (Å²) in [6, 6.07) is 66.6. The Bertz CT molecular complexity index is 4490. The molecule has 2 aromatic heterocycles. The van der Waals surface area contributed by atoms with Crippen molar-refractivity contribution in [2.45, 2.75) is 178 Å². The Morgan fingerprint density at radius 3 is 1.43 bits per heavy atom. The van der Waals surface area contributed by atoms with Crippen molar-refractivity contribution in [1.82, 2.24) is 9.97 Å². The first-order chi connectivity index (χ1) is 47.8. The molecule has 0 aliphatic heterocycles. The van der Waals surface area contributed by atoms with E-state index in [2.05, 4.69) is 252 Å². The predicted octanol–water partition coefficient (Wildman–Crippen LogP) is 25.7. The van der Waals surface area contributed by atoms with Crippen LogP contribution in [0.5, 0.6) is 11.5 Å². The third-order valence-electron chi connectivity index (χ3n) is 18.4. The fourth-order valence-corrected chi connectivity index (χ4v) is 19.1. The number of hydrogen-bond acceptors (Lipinski definition) is 4. The van der Waals surface area contributed by atoms with Gasteiger partial charge in [0.05, 0.1) is 4.47 Å². The van der Waals surface area contributed by atoms with Gasteiger partial charge >= 0.3 is 285 Å².